The zero-order chi connectivity index (χ0) is 16.5. The molecule has 1 fully saturated rings. The Morgan fingerprint density at radius 3 is 2.79 bits per heavy atom. The van der Waals surface area contributed by atoms with Gasteiger partial charge in [0.15, 0.2) is 5.82 Å². The van der Waals surface area contributed by atoms with Crippen molar-refractivity contribution in [2.24, 2.45) is 0 Å². The Hall–Kier alpha value is -2.28. The lowest BCUT2D eigenvalue weighted by atomic mass is 9.85. The SMILES string of the molecule is Fc1cccc(Cl)c1Cn1nc(Cn2cncn2)nc1C1CCC1. The molecular formula is C16H16ClFN6. The molecule has 8 heteroatoms. The lowest BCUT2D eigenvalue weighted by molar-refractivity contribution is 0.383. The summed E-state index contributed by atoms with van der Waals surface area (Å²) >= 11 is 6.16. The van der Waals surface area contributed by atoms with Crippen LogP contribution in [0.4, 0.5) is 4.39 Å². The van der Waals surface area contributed by atoms with E-state index < -0.39 is 0 Å². The first kappa shape index (κ1) is 15.3. The van der Waals surface area contributed by atoms with E-state index >= 15 is 0 Å². The molecule has 0 N–H and O–H groups in total. The fraction of sp³-hybridized carbons (Fsp3) is 0.375. The first-order valence-corrected chi connectivity index (χ1v) is 8.27. The van der Waals surface area contributed by atoms with E-state index in [9.17, 15) is 4.39 Å². The Bertz CT molecular complexity index is 820. The van der Waals surface area contributed by atoms with Gasteiger partial charge in [0.2, 0.25) is 0 Å². The van der Waals surface area contributed by atoms with Gasteiger partial charge in [0.05, 0.1) is 6.54 Å². The van der Waals surface area contributed by atoms with Crippen LogP contribution >= 0.6 is 11.6 Å². The van der Waals surface area contributed by atoms with Crippen molar-refractivity contribution in [1.82, 2.24) is 29.5 Å². The van der Waals surface area contributed by atoms with Gasteiger partial charge in [0.25, 0.3) is 0 Å². The van der Waals surface area contributed by atoms with Crippen LogP contribution in [0.15, 0.2) is 30.9 Å². The molecule has 6 nitrogen and oxygen atoms in total. The Morgan fingerprint density at radius 2 is 2.12 bits per heavy atom. The van der Waals surface area contributed by atoms with Crippen molar-refractivity contribution in [2.45, 2.75) is 38.3 Å². The third kappa shape index (κ3) is 2.91. The third-order valence-corrected chi connectivity index (χ3v) is 4.71. The van der Waals surface area contributed by atoms with Gasteiger partial charge in [0.1, 0.15) is 30.8 Å². The van der Waals surface area contributed by atoms with Crippen molar-refractivity contribution >= 4 is 11.6 Å². The van der Waals surface area contributed by atoms with E-state index in [2.05, 4.69) is 20.2 Å². The minimum absolute atomic E-state index is 0.279. The van der Waals surface area contributed by atoms with Gasteiger partial charge in [-0.2, -0.15) is 10.2 Å². The normalized spacial score (nSPS) is 14.8. The summed E-state index contributed by atoms with van der Waals surface area (Å²) in [5.74, 6) is 1.61. The highest BCUT2D eigenvalue weighted by molar-refractivity contribution is 6.31. The average Bonchev–Trinajstić information content (AvgIpc) is 3.12. The van der Waals surface area contributed by atoms with Crippen LogP contribution in [0.2, 0.25) is 5.02 Å². The molecule has 1 aromatic carbocycles. The predicted molar refractivity (Wildman–Crippen MR) is 86.3 cm³/mol. The maximum absolute atomic E-state index is 14.1. The molecule has 1 aliphatic rings. The third-order valence-electron chi connectivity index (χ3n) is 4.35. The summed E-state index contributed by atoms with van der Waals surface area (Å²) in [4.78, 5) is 8.58. The molecule has 0 aliphatic heterocycles. The molecule has 0 atom stereocenters. The summed E-state index contributed by atoms with van der Waals surface area (Å²) in [7, 11) is 0. The van der Waals surface area contributed by atoms with Gasteiger partial charge in [-0.3, -0.25) is 0 Å². The predicted octanol–water partition coefficient (Wildman–Crippen LogP) is 3.03. The van der Waals surface area contributed by atoms with Crippen LogP contribution in [0.1, 0.15) is 42.4 Å². The summed E-state index contributed by atoms with van der Waals surface area (Å²) in [5, 5.41) is 9.04. The number of hydrogen-bond donors (Lipinski definition) is 0. The number of halogens is 2. The molecule has 1 aliphatic carbocycles. The molecule has 3 aromatic rings. The minimum atomic E-state index is -0.324. The number of benzene rings is 1. The average molecular weight is 347 g/mol. The zero-order valence-corrected chi connectivity index (χ0v) is 13.7. The van der Waals surface area contributed by atoms with Crippen LogP contribution in [-0.2, 0) is 13.1 Å². The second kappa shape index (κ2) is 6.32. The highest BCUT2D eigenvalue weighted by atomic mass is 35.5. The van der Waals surface area contributed by atoms with Crippen molar-refractivity contribution in [1.29, 1.82) is 0 Å². The molecule has 0 amide bonds. The second-order valence-electron chi connectivity index (χ2n) is 5.96. The molecular weight excluding hydrogens is 331 g/mol. The molecule has 0 radical (unpaired) electrons. The van der Waals surface area contributed by atoms with Crippen LogP contribution in [-0.4, -0.2) is 29.5 Å². The highest BCUT2D eigenvalue weighted by Gasteiger charge is 2.26. The molecule has 0 unspecified atom stereocenters. The summed E-state index contributed by atoms with van der Waals surface area (Å²) < 4.78 is 17.6. The Morgan fingerprint density at radius 1 is 1.25 bits per heavy atom. The molecule has 0 bridgehead atoms. The van der Waals surface area contributed by atoms with Crippen molar-refractivity contribution in [3.8, 4) is 0 Å². The van der Waals surface area contributed by atoms with E-state index in [1.54, 1.807) is 27.8 Å². The van der Waals surface area contributed by atoms with Crippen LogP contribution in [0.3, 0.4) is 0 Å². The van der Waals surface area contributed by atoms with E-state index in [0.717, 1.165) is 18.7 Å². The maximum atomic E-state index is 14.1. The summed E-state index contributed by atoms with van der Waals surface area (Å²) in [6.45, 7) is 0.722. The van der Waals surface area contributed by atoms with Crippen molar-refractivity contribution < 1.29 is 4.39 Å². The number of aromatic nitrogens is 6. The van der Waals surface area contributed by atoms with E-state index in [-0.39, 0.29) is 12.4 Å². The smallest absolute Gasteiger partial charge is 0.172 e. The van der Waals surface area contributed by atoms with Crippen LogP contribution in [0.5, 0.6) is 0 Å². The first-order valence-electron chi connectivity index (χ1n) is 7.89. The van der Waals surface area contributed by atoms with Gasteiger partial charge >= 0.3 is 0 Å². The monoisotopic (exact) mass is 346 g/mol. The lowest BCUT2D eigenvalue weighted by Gasteiger charge is -2.24. The fourth-order valence-electron chi connectivity index (χ4n) is 2.85. The van der Waals surface area contributed by atoms with E-state index in [4.69, 9.17) is 11.6 Å². The van der Waals surface area contributed by atoms with Gasteiger partial charge in [0, 0.05) is 16.5 Å². The second-order valence-corrected chi connectivity index (χ2v) is 6.37. The van der Waals surface area contributed by atoms with Crippen molar-refractivity contribution in [3.63, 3.8) is 0 Å². The van der Waals surface area contributed by atoms with Gasteiger partial charge in [-0.1, -0.05) is 24.1 Å². The van der Waals surface area contributed by atoms with Crippen LogP contribution in [0.25, 0.3) is 0 Å². The Balaban J connectivity index is 1.66. The summed E-state index contributed by atoms with van der Waals surface area (Å²) in [6.07, 6.45) is 6.47. The molecule has 2 heterocycles. The van der Waals surface area contributed by atoms with Crippen molar-refractivity contribution in [3.05, 3.63) is 58.9 Å². The number of rotatable bonds is 5. The summed E-state index contributed by atoms with van der Waals surface area (Å²) in [6, 6.07) is 4.71. The Labute approximate surface area is 143 Å². The molecule has 124 valence electrons. The van der Waals surface area contributed by atoms with Gasteiger partial charge in [-0.15, -0.1) is 0 Å². The maximum Gasteiger partial charge on any atom is 0.172 e. The van der Waals surface area contributed by atoms with E-state index in [1.807, 2.05) is 0 Å². The van der Waals surface area contributed by atoms with Crippen molar-refractivity contribution in [2.75, 3.05) is 0 Å². The molecule has 2 aromatic heterocycles. The van der Waals surface area contributed by atoms with Gasteiger partial charge < -0.3 is 0 Å². The minimum Gasteiger partial charge on any atom is -0.245 e. The fourth-order valence-corrected chi connectivity index (χ4v) is 3.07. The summed E-state index contributed by atoms with van der Waals surface area (Å²) in [5.41, 5.74) is 0.442. The molecule has 4 rings (SSSR count). The van der Waals surface area contributed by atoms with Crippen LogP contribution < -0.4 is 0 Å². The van der Waals surface area contributed by atoms with Gasteiger partial charge in [-0.05, 0) is 25.0 Å². The molecule has 0 saturated heterocycles. The van der Waals surface area contributed by atoms with E-state index in [1.165, 1.54) is 18.8 Å². The van der Waals surface area contributed by atoms with Gasteiger partial charge in [-0.25, -0.2) is 23.7 Å². The van der Waals surface area contributed by atoms with E-state index in [0.29, 0.717) is 28.9 Å². The lowest BCUT2D eigenvalue weighted by Crippen LogP contribution is -2.17. The number of nitrogens with zero attached hydrogens (tertiary/aromatic N) is 6. The largest absolute Gasteiger partial charge is 0.245 e. The topological polar surface area (TPSA) is 61.4 Å². The first-order chi connectivity index (χ1) is 11.7. The molecule has 24 heavy (non-hydrogen) atoms. The standard InChI is InChI=1S/C16H16ClFN6/c17-13-5-2-6-14(18)12(13)7-24-16(11-3-1-4-11)21-15(22-24)8-23-10-19-9-20-23/h2,5-6,9-11H,1,3-4,7-8H2. The molecule has 0 spiro atoms. The molecule has 1 saturated carbocycles. The zero-order valence-electron chi connectivity index (χ0n) is 12.9. The quantitative estimate of drug-likeness (QED) is 0.712. The highest BCUT2D eigenvalue weighted by Crippen LogP contribution is 2.35. The Kier molecular flexibility index (Phi) is 4.02. The number of hydrogen-bond acceptors (Lipinski definition) is 4. The van der Waals surface area contributed by atoms with Crippen LogP contribution in [0, 0.1) is 5.82 Å².